The summed E-state index contributed by atoms with van der Waals surface area (Å²) in [7, 11) is 0. The second kappa shape index (κ2) is 6.21. The second-order valence-electron chi connectivity index (χ2n) is 5.16. The molecule has 1 aliphatic rings. The Labute approximate surface area is 115 Å². The Morgan fingerprint density at radius 2 is 2.00 bits per heavy atom. The van der Waals surface area contributed by atoms with Gasteiger partial charge in [0.05, 0.1) is 5.92 Å². The molecule has 1 aromatic carbocycles. The minimum atomic E-state index is -0.364. The van der Waals surface area contributed by atoms with Crippen LogP contribution < -0.4 is 11.1 Å². The van der Waals surface area contributed by atoms with Gasteiger partial charge in [0, 0.05) is 11.2 Å². The predicted octanol–water partition coefficient (Wildman–Crippen LogP) is 2.95. The van der Waals surface area contributed by atoms with Crippen molar-refractivity contribution in [1.29, 1.82) is 0 Å². The van der Waals surface area contributed by atoms with Crippen LogP contribution in [0.2, 0.25) is 0 Å². The number of halogens is 1. The van der Waals surface area contributed by atoms with Gasteiger partial charge in [-0.3, -0.25) is 4.79 Å². The molecule has 3 nitrogen and oxygen atoms in total. The number of hydrogen-bond acceptors (Lipinski definition) is 2. The Morgan fingerprint density at radius 3 is 2.61 bits per heavy atom. The molecule has 0 aromatic heterocycles. The van der Waals surface area contributed by atoms with Crippen molar-refractivity contribution in [3.8, 4) is 0 Å². The zero-order valence-electron chi connectivity index (χ0n) is 10.7. The van der Waals surface area contributed by atoms with Crippen LogP contribution in [0.15, 0.2) is 30.3 Å². The average molecular weight is 269 g/mol. The lowest BCUT2D eigenvalue weighted by atomic mass is 9.74. The van der Waals surface area contributed by atoms with Gasteiger partial charge in [-0.1, -0.05) is 31.0 Å². The molecule has 1 saturated carbocycles. The summed E-state index contributed by atoms with van der Waals surface area (Å²) in [5.74, 6) is -0.0163. The molecule has 1 aliphatic carbocycles. The highest BCUT2D eigenvalue weighted by Gasteiger charge is 2.37. The molecule has 0 radical (unpaired) electrons. The van der Waals surface area contributed by atoms with Gasteiger partial charge in [-0.25, -0.2) is 0 Å². The van der Waals surface area contributed by atoms with Crippen LogP contribution in [-0.2, 0) is 4.79 Å². The van der Waals surface area contributed by atoms with Crippen LogP contribution in [0.4, 0.5) is 5.69 Å². The smallest absolute Gasteiger partial charge is 0.229 e. The van der Waals surface area contributed by atoms with Gasteiger partial charge in [-0.2, -0.15) is 0 Å². The number of amides is 1. The van der Waals surface area contributed by atoms with Gasteiger partial charge in [0.25, 0.3) is 0 Å². The van der Waals surface area contributed by atoms with Crippen molar-refractivity contribution >= 4 is 24.0 Å². The predicted molar refractivity (Wildman–Crippen MR) is 76.9 cm³/mol. The Kier molecular flexibility index (Phi) is 5.17. The van der Waals surface area contributed by atoms with Crippen molar-refractivity contribution in [2.24, 2.45) is 11.7 Å². The summed E-state index contributed by atoms with van der Waals surface area (Å²) >= 11 is 0. The van der Waals surface area contributed by atoms with E-state index in [4.69, 9.17) is 5.73 Å². The van der Waals surface area contributed by atoms with Crippen LogP contribution in [0, 0.1) is 5.92 Å². The van der Waals surface area contributed by atoms with Gasteiger partial charge >= 0.3 is 0 Å². The minimum absolute atomic E-state index is 0. The van der Waals surface area contributed by atoms with Crippen molar-refractivity contribution < 1.29 is 4.79 Å². The molecule has 100 valence electrons. The average Bonchev–Trinajstić information content (AvgIpc) is 2.29. The van der Waals surface area contributed by atoms with Gasteiger partial charge in [0.15, 0.2) is 0 Å². The van der Waals surface area contributed by atoms with E-state index < -0.39 is 0 Å². The summed E-state index contributed by atoms with van der Waals surface area (Å²) in [6, 6.07) is 9.56. The number of carbonyl (C=O) groups excluding carboxylic acids is 1. The fourth-order valence-corrected chi connectivity index (χ4v) is 2.54. The molecule has 0 aliphatic heterocycles. The van der Waals surface area contributed by atoms with Crippen molar-refractivity contribution in [3.05, 3.63) is 30.3 Å². The summed E-state index contributed by atoms with van der Waals surface area (Å²) in [4.78, 5) is 12.2. The highest BCUT2D eigenvalue weighted by Crippen LogP contribution is 2.32. The highest BCUT2D eigenvalue weighted by atomic mass is 35.5. The number of rotatable bonds is 2. The van der Waals surface area contributed by atoms with Gasteiger partial charge in [0.2, 0.25) is 5.91 Å². The van der Waals surface area contributed by atoms with Crippen LogP contribution in [0.5, 0.6) is 0 Å². The normalized spacial score (nSPS) is 27.1. The molecule has 0 saturated heterocycles. The van der Waals surface area contributed by atoms with Crippen molar-refractivity contribution in [2.75, 3.05) is 5.32 Å². The number of anilines is 1. The van der Waals surface area contributed by atoms with Crippen molar-refractivity contribution in [3.63, 3.8) is 0 Å². The summed E-state index contributed by atoms with van der Waals surface area (Å²) in [6.45, 7) is 1.99. The first kappa shape index (κ1) is 15.0. The number of nitrogens with two attached hydrogens (primary N) is 1. The zero-order valence-corrected chi connectivity index (χ0v) is 11.5. The number of para-hydroxylation sites is 1. The molecule has 2 atom stereocenters. The van der Waals surface area contributed by atoms with E-state index in [1.165, 1.54) is 0 Å². The molecule has 1 fully saturated rings. The Morgan fingerprint density at radius 1 is 1.33 bits per heavy atom. The maximum absolute atomic E-state index is 12.2. The van der Waals surface area contributed by atoms with E-state index >= 15 is 0 Å². The van der Waals surface area contributed by atoms with Gasteiger partial charge < -0.3 is 11.1 Å². The second-order valence-corrected chi connectivity index (χ2v) is 5.16. The first-order valence-corrected chi connectivity index (χ1v) is 6.24. The topological polar surface area (TPSA) is 55.1 Å². The van der Waals surface area contributed by atoms with Crippen LogP contribution >= 0.6 is 12.4 Å². The molecule has 1 amide bonds. The van der Waals surface area contributed by atoms with Crippen molar-refractivity contribution in [1.82, 2.24) is 0 Å². The molecule has 2 unspecified atom stereocenters. The Bertz CT molecular complexity index is 392. The SMILES string of the molecule is CC1(N)CCCCC1C(=O)Nc1ccccc1.Cl. The summed E-state index contributed by atoms with van der Waals surface area (Å²) in [6.07, 6.45) is 4.05. The van der Waals surface area contributed by atoms with E-state index in [9.17, 15) is 4.79 Å². The summed E-state index contributed by atoms with van der Waals surface area (Å²) < 4.78 is 0. The van der Waals surface area contributed by atoms with E-state index in [-0.39, 0.29) is 29.8 Å². The molecule has 4 heteroatoms. The fourth-order valence-electron chi connectivity index (χ4n) is 2.54. The first-order valence-electron chi connectivity index (χ1n) is 6.24. The first-order chi connectivity index (χ1) is 8.09. The van der Waals surface area contributed by atoms with Gasteiger partial charge in [0.1, 0.15) is 0 Å². The molecule has 18 heavy (non-hydrogen) atoms. The van der Waals surface area contributed by atoms with E-state index in [2.05, 4.69) is 5.32 Å². The molecule has 0 heterocycles. The summed E-state index contributed by atoms with van der Waals surface area (Å²) in [5, 5.41) is 2.95. The maximum Gasteiger partial charge on any atom is 0.229 e. The van der Waals surface area contributed by atoms with Crippen LogP contribution in [0.3, 0.4) is 0 Å². The maximum atomic E-state index is 12.2. The number of hydrogen-bond donors (Lipinski definition) is 2. The molecule has 0 spiro atoms. The zero-order chi connectivity index (χ0) is 12.3. The number of benzene rings is 1. The third-order valence-electron chi connectivity index (χ3n) is 3.61. The number of nitrogens with one attached hydrogen (secondary N) is 1. The van der Waals surface area contributed by atoms with E-state index in [1.807, 2.05) is 37.3 Å². The molecule has 2 rings (SSSR count). The summed E-state index contributed by atoms with van der Waals surface area (Å²) in [5.41, 5.74) is 6.70. The van der Waals surface area contributed by atoms with E-state index in [1.54, 1.807) is 0 Å². The quantitative estimate of drug-likeness (QED) is 0.866. The monoisotopic (exact) mass is 268 g/mol. The van der Waals surface area contributed by atoms with Gasteiger partial charge in [-0.15, -0.1) is 12.4 Å². The molecule has 0 bridgehead atoms. The lowest BCUT2D eigenvalue weighted by molar-refractivity contribution is -0.122. The number of carbonyl (C=O) groups is 1. The molecular weight excluding hydrogens is 248 g/mol. The van der Waals surface area contributed by atoms with E-state index in [0.29, 0.717) is 0 Å². The van der Waals surface area contributed by atoms with Crippen molar-refractivity contribution in [2.45, 2.75) is 38.1 Å². The Hall–Kier alpha value is -1.06. The minimum Gasteiger partial charge on any atom is -0.326 e. The fraction of sp³-hybridized carbons (Fsp3) is 0.500. The third-order valence-corrected chi connectivity index (χ3v) is 3.61. The lowest BCUT2D eigenvalue weighted by Gasteiger charge is -2.37. The largest absolute Gasteiger partial charge is 0.326 e. The standard InChI is InChI=1S/C14H20N2O.ClH/c1-14(15)10-6-5-9-12(14)13(17)16-11-7-3-2-4-8-11;/h2-4,7-8,12H,5-6,9-10,15H2,1H3,(H,16,17);1H. The van der Waals surface area contributed by atoms with Crippen LogP contribution in [0.1, 0.15) is 32.6 Å². The Balaban J connectivity index is 0.00000162. The van der Waals surface area contributed by atoms with Crippen LogP contribution in [0.25, 0.3) is 0 Å². The molecule has 3 N–H and O–H groups in total. The van der Waals surface area contributed by atoms with E-state index in [0.717, 1.165) is 31.4 Å². The lowest BCUT2D eigenvalue weighted by Crippen LogP contribution is -2.51. The molecule has 1 aromatic rings. The molecular formula is C14H21ClN2O. The third kappa shape index (κ3) is 3.47. The highest BCUT2D eigenvalue weighted by molar-refractivity contribution is 5.93. The van der Waals surface area contributed by atoms with Crippen LogP contribution in [-0.4, -0.2) is 11.4 Å². The van der Waals surface area contributed by atoms with Gasteiger partial charge in [-0.05, 0) is 31.9 Å².